The molecule has 0 atom stereocenters. The summed E-state index contributed by atoms with van der Waals surface area (Å²) in [5, 5.41) is 0.337. The van der Waals surface area contributed by atoms with Crippen molar-refractivity contribution in [1.29, 1.82) is 0 Å². The topological polar surface area (TPSA) is 17.1 Å². The van der Waals surface area contributed by atoms with Crippen molar-refractivity contribution in [3.8, 4) is 0 Å². The number of halogens is 6. The molecule has 2 aromatic rings. The predicted molar refractivity (Wildman–Crippen MR) is 76.3 cm³/mol. The van der Waals surface area contributed by atoms with Crippen molar-refractivity contribution in [3.63, 3.8) is 0 Å². The summed E-state index contributed by atoms with van der Waals surface area (Å²) >= 11 is 17.6. The molecular formula is C14H6Cl3F3O. The van der Waals surface area contributed by atoms with E-state index in [1.807, 2.05) is 0 Å². The number of alkyl halides is 3. The SMILES string of the molecule is O=C(c1ccc(C(F)(F)F)cc1)c1c(Cl)cc(Cl)cc1Cl. The Bertz CT molecular complexity index is 671. The molecule has 0 unspecified atom stereocenters. The van der Waals surface area contributed by atoms with Gasteiger partial charge in [-0.3, -0.25) is 4.79 Å². The van der Waals surface area contributed by atoms with Gasteiger partial charge >= 0.3 is 6.18 Å². The summed E-state index contributed by atoms with van der Waals surface area (Å²) in [7, 11) is 0. The van der Waals surface area contributed by atoms with Crippen LogP contribution in [0, 0.1) is 0 Å². The molecule has 2 aromatic carbocycles. The summed E-state index contributed by atoms with van der Waals surface area (Å²) in [6.45, 7) is 0. The molecular weight excluding hydrogens is 348 g/mol. The minimum atomic E-state index is -4.46. The molecule has 1 nitrogen and oxygen atoms in total. The van der Waals surface area contributed by atoms with Crippen LogP contribution in [0.5, 0.6) is 0 Å². The van der Waals surface area contributed by atoms with Gasteiger partial charge in [0.25, 0.3) is 0 Å². The molecule has 0 aromatic heterocycles. The molecule has 0 spiro atoms. The molecule has 7 heteroatoms. The average molecular weight is 354 g/mol. The van der Waals surface area contributed by atoms with Crippen molar-refractivity contribution in [1.82, 2.24) is 0 Å². The highest BCUT2D eigenvalue weighted by Crippen LogP contribution is 2.32. The van der Waals surface area contributed by atoms with Gasteiger partial charge in [-0.25, -0.2) is 0 Å². The minimum absolute atomic E-state index is 0.00231. The Balaban J connectivity index is 2.42. The molecule has 0 amide bonds. The Kier molecular flexibility index (Phi) is 4.51. The third-order valence-electron chi connectivity index (χ3n) is 2.71. The van der Waals surface area contributed by atoms with Crippen LogP contribution in [-0.4, -0.2) is 5.78 Å². The maximum absolute atomic E-state index is 12.5. The van der Waals surface area contributed by atoms with E-state index in [0.29, 0.717) is 0 Å². The Morgan fingerprint density at radius 3 is 1.81 bits per heavy atom. The molecule has 110 valence electrons. The van der Waals surface area contributed by atoms with Crippen molar-refractivity contribution in [2.24, 2.45) is 0 Å². The lowest BCUT2D eigenvalue weighted by atomic mass is 10.0. The van der Waals surface area contributed by atoms with Crippen LogP contribution in [-0.2, 0) is 6.18 Å². The van der Waals surface area contributed by atoms with Crippen molar-refractivity contribution >= 4 is 40.6 Å². The van der Waals surface area contributed by atoms with E-state index in [1.165, 1.54) is 12.1 Å². The fraction of sp³-hybridized carbons (Fsp3) is 0.0714. The number of benzene rings is 2. The quantitative estimate of drug-likeness (QED) is 0.615. The maximum atomic E-state index is 12.5. The third kappa shape index (κ3) is 3.51. The van der Waals surface area contributed by atoms with Crippen LogP contribution in [0.4, 0.5) is 13.2 Å². The summed E-state index contributed by atoms with van der Waals surface area (Å²) < 4.78 is 37.4. The Morgan fingerprint density at radius 2 is 1.38 bits per heavy atom. The minimum Gasteiger partial charge on any atom is -0.288 e. The molecule has 0 radical (unpaired) electrons. The Hall–Kier alpha value is -1.23. The molecule has 0 aliphatic heterocycles. The maximum Gasteiger partial charge on any atom is 0.416 e. The summed E-state index contributed by atoms with van der Waals surface area (Å²) in [5.74, 6) is -0.574. The monoisotopic (exact) mass is 352 g/mol. The van der Waals surface area contributed by atoms with Gasteiger partial charge in [0.2, 0.25) is 0 Å². The Labute approximate surface area is 133 Å². The van der Waals surface area contributed by atoms with Crippen LogP contribution < -0.4 is 0 Å². The smallest absolute Gasteiger partial charge is 0.288 e. The molecule has 0 N–H and O–H groups in total. The molecule has 0 aliphatic rings. The van der Waals surface area contributed by atoms with E-state index < -0.39 is 17.5 Å². The van der Waals surface area contributed by atoms with Gasteiger partial charge in [-0.05, 0) is 24.3 Å². The van der Waals surface area contributed by atoms with Crippen LogP contribution >= 0.6 is 34.8 Å². The fourth-order valence-corrected chi connectivity index (χ4v) is 2.70. The largest absolute Gasteiger partial charge is 0.416 e. The first-order valence-electron chi connectivity index (χ1n) is 5.56. The van der Waals surface area contributed by atoms with E-state index in [0.717, 1.165) is 24.3 Å². The van der Waals surface area contributed by atoms with Crippen LogP contribution in [0.15, 0.2) is 36.4 Å². The highest BCUT2D eigenvalue weighted by atomic mass is 35.5. The van der Waals surface area contributed by atoms with E-state index in [4.69, 9.17) is 34.8 Å². The van der Waals surface area contributed by atoms with Gasteiger partial charge in [0.05, 0.1) is 21.2 Å². The summed E-state index contributed by atoms with van der Waals surface area (Å²) in [6.07, 6.45) is -4.46. The first-order valence-corrected chi connectivity index (χ1v) is 6.70. The predicted octanol–water partition coefficient (Wildman–Crippen LogP) is 5.90. The number of carbonyl (C=O) groups is 1. The van der Waals surface area contributed by atoms with E-state index in [9.17, 15) is 18.0 Å². The number of rotatable bonds is 2. The Morgan fingerprint density at radius 1 is 0.905 bits per heavy atom. The molecule has 0 saturated heterocycles. The molecule has 21 heavy (non-hydrogen) atoms. The highest BCUT2D eigenvalue weighted by Gasteiger charge is 2.30. The van der Waals surface area contributed by atoms with Gasteiger partial charge in [0.1, 0.15) is 0 Å². The van der Waals surface area contributed by atoms with E-state index in [-0.39, 0.29) is 26.2 Å². The van der Waals surface area contributed by atoms with Crippen LogP contribution in [0.2, 0.25) is 15.1 Å². The lowest BCUT2D eigenvalue weighted by Gasteiger charge is -2.09. The van der Waals surface area contributed by atoms with Crippen molar-refractivity contribution in [2.45, 2.75) is 6.18 Å². The summed E-state index contributed by atoms with van der Waals surface area (Å²) in [6, 6.07) is 6.48. The molecule has 0 fully saturated rings. The number of hydrogen-bond donors (Lipinski definition) is 0. The second-order valence-electron chi connectivity index (χ2n) is 4.15. The van der Waals surface area contributed by atoms with Crippen molar-refractivity contribution < 1.29 is 18.0 Å². The third-order valence-corrected chi connectivity index (χ3v) is 3.52. The van der Waals surface area contributed by atoms with E-state index >= 15 is 0 Å². The average Bonchev–Trinajstić information content (AvgIpc) is 2.36. The van der Waals surface area contributed by atoms with Gasteiger partial charge < -0.3 is 0 Å². The number of hydrogen-bond acceptors (Lipinski definition) is 1. The zero-order valence-electron chi connectivity index (χ0n) is 10.1. The molecule has 2 rings (SSSR count). The summed E-state index contributed by atoms with van der Waals surface area (Å²) in [5.41, 5.74) is -0.788. The van der Waals surface area contributed by atoms with E-state index in [2.05, 4.69) is 0 Å². The van der Waals surface area contributed by atoms with Gasteiger partial charge in [-0.2, -0.15) is 13.2 Å². The number of carbonyl (C=O) groups excluding carboxylic acids is 1. The molecule has 0 saturated carbocycles. The van der Waals surface area contributed by atoms with Gasteiger partial charge in [-0.15, -0.1) is 0 Å². The fourth-order valence-electron chi connectivity index (χ4n) is 1.71. The second kappa shape index (κ2) is 5.87. The van der Waals surface area contributed by atoms with E-state index in [1.54, 1.807) is 0 Å². The van der Waals surface area contributed by atoms with Gasteiger partial charge in [0.15, 0.2) is 5.78 Å². The number of ketones is 1. The molecule has 0 bridgehead atoms. The highest BCUT2D eigenvalue weighted by molar-refractivity contribution is 6.43. The lowest BCUT2D eigenvalue weighted by Crippen LogP contribution is -2.07. The zero-order chi connectivity index (χ0) is 15.8. The normalized spacial score (nSPS) is 11.5. The van der Waals surface area contributed by atoms with Crippen LogP contribution in [0.3, 0.4) is 0 Å². The summed E-state index contributed by atoms with van der Waals surface area (Å²) in [4.78, 5) is 12.3. The van der Waals surface area contributed by atoms with Crippen LogP contribution in [0.25, 0.3) is 0 Å². The molecule has 0 aliphatic carbocycles. The van der Waals surface area contributed by atoms with Gasteiger partial charge in [0, 0.05) is 10.6 Å². The standard InChI is InChI=1S/C14H6Cl3F3O/c15-9-5-10(16)12(11(17)6-9)13(21)7-1-3-8(4-2-7)14(18,19)20/h1-6H. The molecule has 0 heterocycles. The van der Waals surface area contributed by atoms with Crippen molar-refractivity contribution in [2.75, 3.05) is 0 Å². The van der Waals surface area contributed by atoms with Crippen molar-refractivity contribution in [3.05, 3.63) is 68.2 Å². The van der Waals surface area contributed by atoms with Gasteiger partial charge in [-0.1, -0.05) is 46.9 Å². The first-order chi connectivity index (χ1) is 9.70. The first kappa shape index (κ1) is 16.1. The van der Waals surface area contributed by atoms with Crippen LogP contribution in [0.1, 0.15) is 21.5 Å². The lowest BCUT2D eigenvalue weighted by molar-refractivity contribution is -0.137. The zero-order valence-corrected chi connectivity index (χ0v) is 12.4. The second-order valence-corrected chi connectivity index (χ2v) is 5.40.